The number of hydrogen-bond acceptors (Lipinski definition) is 3. The summed E-state index contributed by atoms with van der Waals surface area (Å²) >= 11 is 0. The van der Waals surface area contributed by atoms with Gasteiger partial charge in [-0.1, -0.05) is 0 Å². The highest BCUT2D eigenvalue weighted by Crippen LogP contribution is 2.40. The van der Waals surface area contributed by atoms with Gasteiger partial charge < -0.3 is 9.84 Å². The SMILES string of the molecule is O=C1C[C@@H]2[C@@H](CC[C@H]2C(=O)O)O1. The molecule has 0 aromatic rings. The minimum atomic E-state index is -0.791. The van der Waals surface area contributed by atoms with Crippen LogP contribution >= 0.6 is 0 Å². The Morgan fingerprint density at radius 1 is 1.50 bits per heavy atom. The van der Waals surface area contributed by atoms with E-state index in [1.54, 1.807) is 0 Å². The summed E-state index contributed by atoms with van der Waals surface area (Å²) in [6.07, 6.45) is 1.55. The minimum Gasteiger partial charge on any atom is -0.481 e. The van der Waals surface area contributed by atoms with Gasteiger partial charge in [0.25, 0.3) is 0 Å². The van der Waals surface area contributed by atoms with Crippen molar-refractivity contribution in [3.8, 4) is 0 Å². The summed E-state index contributed by atoms with van der Waals surface area (Å²) in [6, 6.07) is 0. The molecule has 0 aromatic carbocycles. The zero-order valence-electron chi connectivity index (χ0n) is 6.53. The van der Waals surface area contributed by atoms with Crippen molar-refractivity contribution < 1.29 is 19.4 Å². The molecule has 0 bridgehead atoms. The number of carboxylic acids is 1. The molecule has 0 amide bonds. The molecule has 1 N–H and O–H groups in total. The molecule has 66 valence electrons. The number of carbonyl (C=O) groups excluding carboxylic acids is 1. The van der Waals surface area contributed by atoms with Gasteiger partial charge in [0.2, 0.25) is 0 Å². The normalized spacial score (nSPS) is 39.3. The van der Waals surface area contributed by atoms with Crippen molar-refractivity contribution in [2.24, 2.45) is 11.8 Å². The highest BCUT2D eigenvalue weighted by molar-refractivity contribution is 5.76. The van der Waals surface area contributed by atoms with Gasteiger partial charge in [0.15, 0.2) is 0 Å². The number of carbonyl (C=O) groups is 2. The molecular formula is C8H10O4. The van der Waals surface area contributed by atoms with Crippen LogP contribution in [0.3, 0.4) is 0 Å². The van der Waals surface area contributed by atoms with E-state index in [1.807, 2.05) is 0 Å². The van der Waals surface area contributed by atoms with E-state index in [9.17, 15) is 9.59 Å². The Bertz CT molecular complexity index is 235. The summed E-state index contributed by atoms with van der Waals surface area (Å²) in [5, 5.41) is 8.78. The summed E-state index contributed by atoms with van der Waals surface area (Å²) in [7, 11) is 0. The largest absolute Gasteiger partial charge is 0.481 e. The van der Waals surface area contributed by atoms with Crippen LogP contribution in [0.15, 0.2) is 0 Å². The molecule has 1 saturated heterocycles. The Balaban J connectivity index is 2.13. The lowest BCUT2D eigenvalue weighted by molar-refractivity contribution is -0.143. The Morgan fingerprint density at radius 2 is 2.25 bits per heavy atom. The summed E-state index contributed by atoms with van der Waals surface area (Å²) in [5.41, 5.74) is 0. The van der Waals surface area contributed by atoms with Crippen molar-refractivity contribution in [2.75, 3.05) is 0 Å². The lowest BCUT2D eigenvalue weighted by atomic mass is 9.94. The molecule has 3 atom stereocenters. The van der Waals surface area contributed by atoms with Crippen molar-refractivity contribution >= 4 is 11.9 Å². The Kier molecular flexibility index (Phi) is 1.56. The average Bonchev–Trinajstić information content (AvgIpc) is 2.43. The van der Waals surface area contributed by atoms with Crippen molar-refractivity contribution in [1.29, 1.82) is 0 Å². The number of hydrogen-bond donors (Lipinski definition) is 1. The molecule has 0 spiro atoms. The van der Waals surface area contributed by atoms with E-state index in [0.29, 0.717) is 19.3 Å². The van der Waals surface area contributed by atoms with Gasteiger partial charge in [0.1, 0.15) is 6.10 Å². The van der Waals surface area contributed by atoms with E-state index in [4.69, 9.17) is 9.84 Å². The Morgan fingerprint density at radius 3 is 2.92 bits per heavy atom. The molecule has 1 heterocycles. The molecule has 4 nitrogen and oxygen atoms in total. The highest BCUT2D eigenvalue weighted by atomic mass is 16.6. The number of rotatable bonds is 1. The van der Waals surface area contributed by atoms with Crippen molar-refractivity contribution in [1.82, 2.24) is 0 Å². The first-order chi connectivity index (χ1) is 5.68. The lowest BCUT2D eigenvalue weighted by Gasteiger charge is -2.09. The maximum atomic E-state index is 10.8. The molecule has 1 saturated carbocycles. The van der Waals surface area contributed by atoms with Crippen LogP contribution in [0.1, 0.15) is 19.3 Å². The van der Waals surface area contributed by atoms with Crippen LogP contribution in [0, 0.1) is 11.8 Å². The van der Waals surface area contributed by atoms with Crippen LogP contribution in [0.25, 0.3) is 0 Å². The average molecular weight is 170 g/mol. The zero-order valence-corrected chi connectivity index (χ0v) is 6.53. The van der Waals surface area contributed by atoms with Gasteiger partial charge in [0.05, 0.1) is 12.3 Å². The van der Waals surface area contributed by atoms with Gasteiger partial charge in [-0.2, -0.15) is 0 Å². The number of aliphatic carboxylic acids is 1. The van der Waals surface area contributed by atoms with E-state index in [-0.39, 0.29) is 23.9 Å². The van der Waals surface area contributed by atoms with Gasteiger partial charge in [0, 0.05) is 5.92 Å². The maximum absolute atomic E-state index is 10.8. The van der Waals surface area contributed by atoms with E-state index >= 15 is 0 Å². The van der Waals surface area contributed by atoms with E-state index in [2.05, 4.69) is 0 Å². The van der Waals surface area contributed by atoms with Gasteiger partial charge in [-0.3, -0.25) is 9.59 Å². The maximum Gasteiger partial charge on any atom is 0.306 e. The van der Waals surface area contributed by atoms with Gasteiger partial charge in [-0.15, -0.1) is 0 Å². The fourth-order valence-electron chi connectivity index (χ4n) is 2.17. The summed E-state index contributed by atoms with van der Waals surface area (Å²) in [6.45, 7) is 0. The smallest absolute Gasteiger partial charge is 0.306 e. The number of carboxylic acid groups (broad SMARTS) is 1. The van der Waals surface area contributed by atoms with Crippen LogP contribution in [-0.4, -0.2) is 23.1 Å². The van der Waals surface area contributed by atoms with Crippen molar-refractivity contribution in [3.05, 3.63) is 0 Å². The van der Waals surface area contributed by atoms with E-state index < -0.39 is 5.97 Å². The van der Waals surface area contributed by atoms with Crippen LogP contribution in [0.2, 0.25) is 0 Å². The molecule has 1 aliphatic heterocycles. The molecule has 0 radical (unpaired) electrons. The molecule has 2 rings (SSSR count). The first kappa shape index (κ1) is 7.58. The third-order valence-electron chi connectivity index (χ3n) is 2.76. The first-order valence-corrected chi connectivity index (χ1v) is 4.11. The predicted octanol–water partition coefficient (Wildman–Crippen LogP) is 0.413. The topological polar surface area (TPSA) is 63.6 Å². The van der Waals surface area contributed by atoms with Crippen LogP contribution in [-0.2, 0) is 14.3 Å². The monoisotopic (exact) mass is 170 g/mol. The Labute approximate surface area is 69.5 Å². The second-order valence-corrected chi connectivity index (χ2v) is 3.42. The quantitative estimate of drug-likeness (QED) is 0.579. The van der Waals surface area contributed by atoms with Gasteiger partial charge >= 0.3 is 11.9 Å². The standard InChI is InChI=1S/C8H10O4/c9-7-3-5-4(8(10)11)1-2-6(5)12-7/h4-6H,1-3H2,(H,10,11)/t4-,5+,6-/m1/s1. The molecule has 2 fully saturated rings. The molecule has 4 heteroatoms. The van der Waals surface area contributed by atoms with Crippen LogP contribution in [0.5, 0.6) is 0 Å². The first-order valence-electron chi connectivity index (χ1n) is 4.11. The molecular weight excluding hydrogens is 160 g/mol. The fraction of sp³-hybridized carbons (Fsp3) is 0.750. The third kappa shape index (κ3) is 0.983. The number of esters is 1. The van der Waals surface area contributed by atoms with Crippen LogP contribution in [0.4, 0.5) is 0 Å². The van der Waals surface area contributed by atoms with E-state index in [1.165, 1.54) is 0 Å². The second-order valence-electron chi connectivity index (χ2n) is 3.42. The third-order valence-corrected chi connectivity index (χ3v) is 2.76. The van der Waals surface area contributed by atoms with E-state index in [0.717, 1.165) is 0 Å². The number of ether oxygens (including phenoxy) is 1. The Hall–Kier alpha value is -1.06. The van der Waals surface area contributed by atoms with Crippen molar-refractivity contribution in [2.45, 2.75) is 25.4 Å². The van der Waals surface area contributed by atoms with Crippen LogP contribution < -0.4 is 0 Å². The number of fused-ring (bicyclic) bond motifs is 1. The minimum absolute atomic E-state index is 0.0602. The molecule has 12 heavy (non-hydrogen) atoms. The van der Waals surface area contributed by atoms with Crippen molar-refractivity contribution in [3.63, 3.8) is 0 Å². The second kappa shape index (κ2) is 2.47. The fourth-order valence-corrected chi connectivity index (χ4v) is 2.17. The molecule has 0 unspecified atom stereocenters. The lowest BCUT2D eigenvalue weighted by Crippen LogP contribution is -2.20. The van der Waals surface area contributed by atoms with Gasteiger partial charge in [-0.25, -0.2) is 0 Å². The molecule has 0 aromatic heterocycles. The zero-order chi connectivity index (χ0) is 8.72. The highest BCUT2D eigenvalue weighted by Gasteiger charge is 2.47. The molecule has 2 aliphatic rings. The summed E-state index contributed by atoms with van der Waals surface area (Å²) in [4.78, 5) is 21.5. The molecule has 1 aliphatic carbocycles. The van der Waals surface area contributed by atoms with Gasteiger partial charge in [-0.05, 0) is 12.8 Å². The predicted molar refractivity (Wildman–Crippen MR) is 38.3 cm³/mol. The summed E-state index contributed by atoms with van der Waals surface area (Å²) < 4.78 is 4.96. The summed E-state index contributed by atoms with van der Waals surface area (Å²) in [5.74, 6) is -1.45.